The molecule has 1 aliphatic rings. The number of benzene rings is 1. The first-order chi connectivity index (χ1) is 10.3. The van der Waals surface area contributed by atoms with E-state index in [0.717, 1.165) is 17.0 Å². The first-order valence-electron chi connectivity index (χ1n) is 6.74. The molecule has 5 nitrogen and oxygen atoms in total. The normalized spacial score (nSPS) is 20.6. The highest BCUT2D eigenvalue weighted by molar-refractivity contribution is 5.96. The van der Waals surface area contributed by atoms with Crippen LogP contribution in [-0.4, -0.2) is 34.3 Å². The van der Waals surface area contributed by atoms with Crippen molar-refractivity contribution < 1.29 is 14.6 Å². The van der Waals surface area contributed by atoms with Crippen molar-refractivity contribution >= 4 is 17.6 Å². The zero-order chi connectivity index (χ0) is 14.8. The summed E-state index contributed by atoms with van der Waals surface area (Å²) in [6.45, 7) is -0.159. The predicted molar refractivity (Wildman–Crippen MR) is 78.2 cm³/mol. The van der Waals surface area contributed by atoms with E-state index >= 15 is 0 Å². The van der Waals surface area contributed by atoms with E-state index in [1.54, 1.807) is 12.4 Å². The summed E-state index contributed by atoms with van der Waals surface area (Å²) in [5.74, 6) is -0.180. The molecule has 1 aromatic heterocycles. The minimum atomic E-state index is -0.552. The lowest BCUT2D eigenvalue weighted by atomic mass is 9.84. The molecule has 1 aliphatic heterocycles. The van der Waals surface area contributed by atoms with Crippen LogP contribution in [0.15, 0.2) is 42.7 Å². The first kappa shape index (κ1) is 13.6. The molecule has 0 radical (unpaired) electrons. The topological polar surface area (TPSA) is 64.3 Å². The Morgan fingerprint density at radius 1 is 1.38 bits per heavy atom. The maximum Gasteiger partial charge on any atom is 0.315 e. The summed E-state index contributed by atoms with van der Waals surface area (Å²) in [5.41, 5.74) is 1.75. The Balaban J connectivity index is 2.16. The van der Waals surface area contributed by atoms with Gasteiger partial charge in [-0.15, -0.1) is 0 Å². The minimum Gasteiger partial charge on any atom is -0.468 e. The van der Waals surface area contributed by atoms with E-state index in [2.05, 4.69) is 4.98 Å². The van der Waals surface area contributed by atoms with Crippen LogP contribution in [-0.2, 0) is 9.53 Å². The highest BCUT2D eigenvalue weighted by Crippen LogP contribution is 2.38. The molecule has 0 saturated heterocycles. The predicted octanol–water partition coefficient (Wildman–Crippen LogP) is 1.76. The fraction of sp³-hybridized carbons (Fsp3) is 0.250. The van der Waals surface area contributed by atoms with Crippen molar-refractivity contribution in [1.29, 1.82) is 0 Å². The Bertz CT molecular complexity index is 676. The van der Waals surface area contributed by atoms with Crippen molar-refractivity contribution in [2.75, 3.05) is 13.7 Å². The molecule has 0 fully saturated rings. The van der Waals surface area contributed by atoms with Crippen LogP contribution in [0.5, 0.6) is 0 Å². The average molecular weight is 284 g/mol. The highest BCUT2D eigenvalue weighted by atomic mass is 16.5. The lowest BCUT2D eigenvalue weighted by molar-refractivity contribution is -0.145. The van der Waals surface area contributed by atoms with E-state index in [1.165, 1.54) is 7.11 Å². The van der Waals surface area contributed by atoms with Crippen molar-refractivity contribution in [2.45, 2.75) is 6.04 Å². The Hall–Kier alpha value is -2.40. The second-order valence-electron chi connectivity index (χ2n) is 4.91. The van der Waals surface area contributed by atoms with Gasteiger partial charge in [0.15, 0.2) is 0 Å². The van der Waals surface area contributed by atoms with Gasteiger partial charge in [0.2, 0.25) is 0 Å². The first-order valence-corrected chi connectivity index (χ1v) is 6.74. The van der Waals surface area contributed by atoms with E-state index in [4.69, 9.17) is 4.74 Å². The number of carbonyl (C=O) groups is 1. The summed E-state index contributed by atoms with van der Waals surface area (Å²) >= 11 is 0. The van der Waals surface area contributed by atoms with Crippen LogP contribution < -0.4 is 0 Å². The van der Waals surface area contributed by atoms with Gasteiger partial charge in [-0.05, 0) is 17.2 Å². The van der Waals surface area contributed by atoms with Gasteiger partial charge in [-0.2, -0.15) is 0 Å². The number of aliphatic hydroxyl groups is 1. The summed E-state index contributed by atoms with van der Waals surface area (Å²) in [6, 6.07) is 9.22. The Labute approximate surface area is 122 Å². The van der Waals surface area contributed by atoms with Crippen LogP contribution in [0.2, 0.25) is 0 Å². The molecule has 0 bridgehead atoms. The van der Waals surface area contributed by atoms with Crippen molar-refractivity contribution in [1.82, 2.24) is 9.55 Å². The number of hydrogen-bond donors (Lipinski definition) is 1. The molecule has 0 unspecified atom stereocenters. The van der Waals surface area contributed by atoms with Gasteiger partial charge < -0.3 is 14.4 Å². The maximum absolute atomic E-state index is 12.2. The number of imidazole rings is 1. The fourth-order valence-corrected chi connectivity index (χ4v) is 2.81. The third-order valence-corrected chi connectivity index (χ3v) is 3.81. The van der Waals surface area contributed by atoms with Crippen LogP contribution in [0.3, 0.4) is 0 Å². The molecule has 21 heavy (non-hydrogen) atoms. The number of aliphatic hydroxyl groups excluding tert-OH is 1. The smallest absolute Gasteiger partial charge is 0.315 e. The minimum absolute atomic E-state index is 0.159. The van der Waals surface area contributed by atoms with Crippen molar-refractivity contribution in [3.05, 3.63) is 54.1 Å². The molecular formula is C16H16N2O3. The number of aromatic nitrogens is 2. The largest absolute Gasteiger partial charge is 0.468 e. The van der Waals surface area contributed by atoms with E-state index in [9.17, 15) is 9.90 Å². The van der Waals surface area contributed by atoms with Gasteiger partial charge in [0.1, 0.15) is 11.7 Å². The summed E-state index contributed by atoms with van der Waals surface area (Å²) in [7, 11) is 1.36. The molecule has 2 aromatic rings. The molecule has 0 spiro atoms. The Kier molecular flexibility index (Phi) is 3.58. The van der Waals surface area contributed by atoms with Gasteiger partial charge in [0.05, 0.1) is 19.8 Å². The monoisotopic (exact) mass is 284 g/mol. The number of hydrogen-bond acceptors (Lipinski definition) is 4. The van der Waals surface area contributed by atoms with E-state index in [1.807, 2.05) is 41.0 Å². The fourth-order valence-electron chi connectivity index (χ4n) is 2.81. The van der Waals surface area contributed by atoms with Gasteiger partial charge in [0, 0.05) is 12.4 Å². The molecule has 1 N–H and O–H groups in total. The second-order valence-corrected chi connectivity index (χ2v) is 4.91. The number of nitrogens with zero attached hydrogens (tertiary/aromatic N) is 2. The van der Waals surface area contributed by atoms with Crippen molar-refractivity contribution in [3.8, 4) is 0 Å². The van der Waals surface area contributed by atoms with Crippen LogP contribution >= 0.6 is 0 Å². The summed E-state index contributed by atoms with van der Waals surface area (Å²) in [4.78, 5) is 16.5. The van der Waals surface area contributed by atoms with E-state index < -0.39 is 12.0 Å². The van der Waals surface area contributed by atoms with Crippen LogP contribution in [0.1, 0.15) is 17.4 Å². The van der Waals surface area contributed by atoms with Gasteiger partial charge in [-0.3, -0.25) is 4.79 Å². The van der Waals surface area contributed by atoms with Crippen molar-refractivity contribution in [3.63, 3.8) is 0 Å². The lowest BCUT2D eigenvalue weighted by Gasteiger charge is -2.31. The molecular weight excluding hydrogens is 268 g/mol. The molecule has 0 aliphatic carbocycles. The molecule has 0 amide bonds. The summed E-state index contributed by atoms with van der Waals surface area (Å²) in [5, 5.41) is 9.75. The molecule has 5 heteroatoms. The lowest BCUT2D eigenvalue weighted by Crippen LogP contribution is -2.33. The second kappa shape index (κ2) is 5.54. The van der Waals surface area contributed by atoms with Gasteiger partial charge in [0.25, 0.3) is 0 Å². The molecule has 1 aromatic carbocycles. The highest BCUT2D eigenvalue weighted by Gasteiger charge is 2.37. The summed E-state index contributed by atoms with van der Waals surface area (Å²) < 4.78 is 6.75. The zero-order valence-electron chi connectivity index (χ0n) is 11.6. The number of rotatable bonds is 3. The van der Waals surface area contributed by atoms with Gasteiger partial charge >= 0.3 is 5.97 Å². The standard InChI is InChI=1S/C16H16N2O3/c1-21-16(20)15-12(11-5-3-2-4-6-11)9-14-17-7-8-18(14)13(15)10-19/h2-9,13,15,19H,10H2,1H3/t13-,15+/m0/s1. The number of fused-ring (bicyclic) bond motifs is 1. The number of carbonyl (C=O) groups excluding carboxylic acids is 1. The van der Waals surface area contributed by atoms with Crippen LogP contribution in [0.4, 0.5) is 0 Å². The molecule has 3 rings (SSSR count). The molecule has 2 heterocycles. The molecule has 2 atom stereocenters. The molecule has 108 valence electrons. The SMILES string of the molecule is COC(=O)[C@@H]1C(c2ccccc2)=Cc2nccn2[C@H]1CO. The summed E-state index contributed by atoms with van der Waals surface area (Å²) in [6.07, 6.45) is 5.31. The quantitative estimate of drug-likeness (QED) is 0.872. The maximum atomic E-state index is 12.2. The Morgan fingerprint density at radius 3 is 2.81 bits per heavy atom. The van der Waals surface area contributed by atoms with Gasteiger partial charge in [-0.25, -0.2) is 4.98 Å². The van der Waals surface area contributed by atoms with E-state index in [0.29, 0.717) is 0 Å². The van der Waals surface area contributed by atoms with Crippen molar-refractivity contribution in [2.24, 2.45) is 5.92 Å². The number of esters is 1. The van der Waals surface area contributed by atoms with Crippen LogP contribution in [0, 0.1) is 5.92 Å². The Morgan fingerprint density at radius 2 is 2.14 bits per heavy atom. The third-order valence-electron chi connectivity index (χ3n) is 3.81. The molecule has 0 saturated carbocycles. The van der Waals surface area contributed by atoms with Gasteiger partial charge in [-0.1, -0.05) is 30.3 Å². The number of ether oxygens (including phenoxy) is 1. The zero-order valence-corrected chi connectivity index (χ0v) is 11.6. The average Bonchev–Trinajstić information content (AvgIpc) is 3.01. The third kappa shape index (κ3) is 2.25. The van der Waals surface area contributed by atoms with Crippen LogP contribution in [0.25, 0.3) is 11.6 Å². The number of methoxy groups -OCH3 is 1. The van der Waals surface area contributed by atoms with E-state index in [-0.39, 0.29) is 12.6 Å².